The van der Waals surface area contributed by atoms with Crippen molar-refractivity contribution in [3.63, 3.8) is 0 Å². The number of benzene rings is 1. The van der Waals surface area contributed by atoms with Gasteiger partial charge in [0.25, 0.3) is 0 Å². The summed E-state index contributed by atoms with van der Waals surface area (Å²) in [6, 6.07) is 8.22. The van der Waals surface area contributed by atoms with Gasteiger partial charge in [-0.2, -0.15) is 0 Å². The Labute approximate surface area is 107 Å². The normalized spacial score (nSPS) is 23.4. The molecule has 1 aromatic heterocycles. The van der Waals surface area contributed by atoms with Crippen LogP contribution in [0.15, 0.2) is 30.5 Å². The fraction of sp³-hybridized carbons (Fsp3) is 0.400. The SMILES string of the molecule is COc1ccc2ncc(C3(C)CCCN3)cc2c1. The fourth-order valence-corrected chi connectivity index (χ4v) is 2.68. The lowest BCUT2D eigenvalue weighted by Gasteiger charge is -2.24. The zero-order chi connectivity index (χ0) is 12.6. The number of aromatic nitrogens is 1. The monoisotopic (exact) mass is 242 g/mol. The van der Waals surface area contributed by atoms with Crippen molar-refractivity contribution in [2.24, 2.45) is 0 Å². The highest BCUT2D eigenvalue weighted by molar-refractivity contribution is 5.80. The van der Waals surface area contributed by atoms with Crippen molar-refractivity contribution in [3.8, 4) is 5.75 Å². The van der Waals surface area contributed by atoms with E-state index in [-0.39, 0.29) is 5.54 Å². The minimum absolute atomic E-state index is 0.0737. The smallest absolute Gasteiger partial charge is 0.119 e. The molecular weight excluding hydrogens is 224 g/mol. The number of nitrogens with one attached hydrogen (secondary N) is 1. The van der Waals surface area contributed by atoms with Gasteiger partial charge in [0.2, 0.25) is 0 Å². The summed E-state index contributed by atoms with van der Waals surface area (Å²) in [7, 11) is 1.69. The molecule has 3 nitrogen and oxygen atoms in total. The van der Waals surface area contributed by atoms with E-state index in [1.54, 1.807) is 7.11 Å². The van der Waals surface area contributed by atoms with Crippen molar-refractivity contribution in [2.75, 3.05) is 13.7 Å². The molecule has 0 saturated carbocycles. The van der Waals surface area contributed by atoms with Gasteiger partial charge in [0.1, 0.15) is 5.75 Å². The number of methoxy groups -OCH3 is 1. The van der Waals surface area contributed by atoms with Crippen LogP contribution in [0.2, 0.25) is 0 Å². The topological polar surface area (TPSA) is 34.1 Å². The summed E-state index contributed by atoms with van der Waals surface area (Å²) in [5.74, 6) is 0.881. The molecule has 0 spiro atoms. The van der Waals surface area contributed by atoms with Gasteiger partial charge in [-0.3, -0.25) is 4.98 Å². The molecular formula is C15H18N2O. The molecule has 1 aliphatic heterocycles. The maximum absolute atomic E-state index is 5.27. The molecule has 1 saturated heterocycles. The molecule has 3 heteroatoms. The standard InChI is InChI=1S/C15H18N2O/c1-15(6-3-7-17-15)12-8-11-9-13(18-2)4-5-14(11)16-10-12/h4-5,8-10,17H,3,6-7H2,1-2H3. The van der Waals surface area contributed by atoms with E-state index in [4.69, 9.17) is 4.74 Å². The minimum Gasteiger partial charge on any atom is -0.497 e. The number of pyridine rings is 1. The second kappa shape index (κ2) is 4.25. The third kappa shape index (κ3) is 1.85. The quantitative estimate of drug-likeness (QED) is 0.879. The van der Waals surface area contributed by atoms with E-state index in [1.807, 2.05) is 24.4 Å². The number of nitrogens with zero attached hydrogens (tertiary/aromatic N) is 1. The Morgan fingerprint density at radius 1 is 1.33 bits per heavy atom. The van der Waals surface area contributed by atoms with Crippen molar-refractivity contribution in [2.45, 2.75) is 25.3 Å². The van der Waals surface area contributed by atoms with Crippen LogP contribution in [0.25, 0.3) is 10.9 Å². The number of hydrogen-bond acceptors (Lipinski definition) is 3. The van der Waals surface area contributed by atoms with Crippen molar-refractivity contribution >= 4 is 10.9 Å². The number of ether oxygens (including phenoxy) is 1. The molecule has 3 rings (SSSR count). The molecule has 1 unspecified atom stereocenters. The van der Waals surface area contributed by atoms with Crippen molar-refractivity contribution in [1.29, 1.82) is 0 Å². The molecule has 0 amide bonds. The zero-order valence-corrected chi connectivity index (χ0v) is 10.9. The second-order valence-electron chi connectivity index (χ2n) is 5.15. The maximum atomic E-state index is 5.27. The van der Waals surface area contributed by atoms with E-state index in [0.717, 1.165) is 23.2 Å². The zero-order valence-electron chi connectivity index (χ0n) is 10.9. The predicted octanol–water partition coefficient (Wildman–Crippen LogP) is 2.84. The number of rotatable bonds is 2. The molecule has 1 aromatic carbocycles. The van der Waals surface area contributed by atoms with Gasteiger partial charge in [0, 0.05) is 17.1 Å². The average molecular weight is 242 g/mol. The molecule has 1 aliphatic rings. The molecule has 18 heavy (non-hydrogen) atoms. The minimum atomic E-state index is 0.0737. The Kier molecular flexibility index (Phi) is 2.71. The second-order valence-corrected chi connectivity index (χ2v) is 5.15. The molecule has 0 aliphatic carbocycles. The van der Waals surface area contributed by atoms with Crippen molar-refractivity contribution in [3.05, 3.63) is 36.0 Å². The van der Waals surface area contributed by atoms with Gasteiger partial charge in [-0.15, -0.1) is 0 Å². The van der Waals surface area contributed by atoms with Gasteiger partial charge in [-0.1, -0.05) is 0 Å². The van der Waals surface area contributed by atoms with Crippen molar-refractivity contribution in [1.82, 2.24) is 10.3 Å². The van der Waals surface area contributed by atoms with Gasteiger partial charge in [0.15, 0.2) is 0 Å². The van der Waals surface area contributed by atoms with Crippen LogP contribution >= 0.6 is 0 Å². The molecule has 2 heterocycles. The lowest BCUT2D eigenvalue weighted by Crippen LogP contribution is -2.33. The Balaban J connectivity index is 2.09. The van der Waals surface area contributed by atoms with Crippen LogP contribution in [0, 0.1) is 0 Å². The first kappa shape index (κ1) is 11.5. The molecule has 1 fully saturated rings. The summed E-state index contributed by atoms with van der Waals surface area (Å²) >= 11 is 0. The Bertz CT molecular complexity index is 574. The highest BCUT2D eigenvalue weighted by Gasteiger charge is 2.30. The third-order valence-corrected chi connectivity index (χ3v) is 3.89. The van der Waals surface area contributed by atoms with Gasteiger partial charge in [-0.25, -0.2) is 0 Å². The molecule has 94 valence electrons. The number of fused-ring (bicyclic) bond motifs is 1. The Morgan fingerprint density at radius 3 is 2.94 bits per heavy atom. The van der Waals surface area contributed by atoms with E-state index in [9.17, 15) is 0 Å². The van der Waals surface area contributed by atoms with Crippen molar-refractivity contribution < 1.29 is 4.74 Å². The maximum Gasteiger partial charge on any atom is 0.119 e. The van der Waals surface area contributed by atoms with E-state index in [1.165, 1.54) is 18.4 Å². The lowest BCUT2D eigenvalue weighted by atomic mass is 9.91. The summed E-state index contributed by atoms with van der Waals surface area (Å²) in [6.07, 6.45) is 4.39. The fourth-order valence-electron chi connectivity index (χ4n) is 2.68. The highest BCUT2D eigenvalue weighted by Crippen LogP contribution is 2.31. The molecule has 1 N–H and O–H groups in total. The molecule has 1 atom stereocenters. The number of hydrogen-bond donors (Lipinski definition) is 1. The summed E-state index contributed by atoms with van der Waals surface area (Å²) in [5.41, 5.74) is 2.35. The summed E-state index contributed by atoms with van der Waals surface area (Å²) in [4.78, 5) is 4.55. The predicted molar refractivity (Wildman–Crippen MR) is 72.9 cm³/mol. The summed E-state index contributed by atoms with van der Waals surface area (Å²) < 4.78 is 5.27. The van der Waals surface area contributed by atoms with Crippen LogP contribution in [-0.2, 0) is 5.54 Å². The van der Waals surface area contributed by atoms with Crippen LogP contribution in [0.3, 0.4) is 0 Å². The van der Waals surface area contributed by atoms with E-state index in [2.05, 4.69) is 23.3 Å². The third-order valence-electron chi connectivity index (χ3n) is 3.89. The summed E-state index contributed by atoms with van der Waals surface area (Å²) in [6.45, 7) is 3.34. The van der Waals surface area contributed by atoms with E-state index < -0.39 is 0 Å². The average Bonchev–Trinajstić information content (AvgIpc) is 2.85. The van der Waals surface area contributed by atoms with Gasteiger partial charge >= 0.3 is 0 Å². The molecule has 0 bridgehead atoms. The van der Waals surface area contributed by atoms with Gasteiger partial charge in [-0.05, 0) is 56.1 Å². The van der Waals surface area contributed by atoms with Gasteiger partial charge in [0.05, 0.1) is 12.6 Å². The van der Waals surface area contributed by atoms with E-state index in [0.29, 0.717) is 0 Å². The van der Waals surface area contributed by atoms with E-state index >= 15 is 0 Å². The molecule has 2 aromatic rings. The largest absolute Gasteiger partial charge is 0.497 e. The molecule has 0 radical (unpaired) electrons. The Morgan fingerprint density at radius 2 is 2.22 bits per heavy atom. The van der Waals surface area contributed by atoms with Gasteiger partial charge < -0.3 is 10.1 Å². The van der Waals surface area contributed by atoms with Crippen LogP contribution in [0.1, 0.15) is 25.3 Å². The first-order valence-electron chi connectivity index (χ1n) is 6.41. The summed E-state index contributed by atoms with van der Waals surface area (Å²) in [5, 5.41) is 4.71. The van der Waals surface area contributed by atoms with Crippen LogP contribution in [-0.4, -0.2) is 18.6 Å². The first-order valence-corrected chi connectivity index (χ1v) is 6.41. The highest BCUT2D eigenvalue weighted by atomic mass is 16.5. The Hall–Kier alpha value is -1.61. The van der Waals surface area contributed by atoms with Crippen LogP contribution in [0.5, 0.6) is 5.75 Å². The first-order chi connectivity index (χ1) is 8.71. The lowest BCUT2D eigenvalue weighted by molar-refractivity contribution is 0.415. The van der Waals surface area contributed by atoms with Crippen LogP contribution in [0.4, 0.5) is 0 Å². The van der Waals surface area contributed by atoms with Crippen LogP contribution < -0.4 is 10.1 Å².